The van der Waals surface area contributed by atoms with Crippen LogP contribution in [0, 0.1) is 6.92 Å². The molecule has 3 heterocycles. The van der Waals surface area contributed by atoms with Crippen LogP contribution in [0.1, 0.15) is 20.1 Å². The van der Waals surface area contributed by atoms with Crippen molar-refractivity contribution < 1.29 is 9.53 Å². The standard InChI is InChI=1S/C16H19N3O2S/c1-11-8-13-15(17-9-11)18(2)6-7-19(13)10-12-4-5-14(22-12)16(20)21-3/h4-5,8-9H,6-7,10H2,1-3H3. The molecule has 0 saturated carbocycles. The van der Waals surface area contributed by atoms with Crippen LogP contribution in [0.15, 0.2) is 24.4 Å². The minimum atomic E-state index is -0.271. The van der Waals surface area contributed by atoms with Crippen LogP contribution < -0.4 is 9.80 Å². The van der Waals surface area contributed by atoms with Gasteiger partial charge in [0.1, 0.15) is 4.88 Å². The zero-order valence-corrected chi connectivity index (χ0v) is 13.8. The maximum absolute atomic E-state index is 11.6. The minimum absolute atomic E-state index is 0.271. The Kier molecular flexibility index (Phi) is 4.02. The average molecular weight is 317 g/mol. The second-order valence-electron chi connectivity index (χ2n) is 5.46. The molecule has 0 aliphatic carbocycles. The Balaban J connectivity index is 1.84. The Bertz CT molecular complexity index is 698. The molecule has 0 saturated heterocycles. The van der Waals surface area contributed by atoms with Crippen molar-refractivity contribution in [2.24, 2.45) is 0 Å². The molecule has 0 spiro atoms. The van der Waals surface area contributed by atoms with Crippen LogP contribution in [0.5, 0.6) is 0 Å². The lowest BCUT2D eigenvalue weighted by Crippen LogP contribution is -2.39. The van der Waals surface area contributed by atoms with E-state index in [1.807, 2.05) is 18.3 Å². The first-order chi connectivity index (χ1) is 10.6. The number of ether oxygens (including phenoxy) is 1. The lowest BCUT2D eigenvalue weighted by molar-refractivity contribution is 0.0606. The van der Waals surface area contributed by atoms with Gasteiger partial charge in [0.2, 0.25) is 0 Å². The van der Waals surface area contributed by atoms with Crippen LogP contribution in [0.3, 0.4) is 0 Å². The van der Waals surface area contributed by atoms with Crippen molar-refractivity contribution in [3.8, 4) is 0 Å². The normalized spacial score (nSPS) is 14.0. The number of likely N-dealkylation sites (N-methyl/N-ethyl adjacent to an activating group) is 1. The van der Waals surface area contributed by atoms with Crippen molar-refractivity contribution in [2.45, 2.75) is 13.5 Å². The van der Waals surface area contributed by atoms with E-state index in [2.05, 4.69) is 34.8 Å². The van der Waals surface area contributed by atoms with E-state index in [0.717, 1.165) is 41.6 Å². The lowest BCUT2D eigenvalue weighted by Gasteiger charge is -2.36. The maximum Gasteiger partial charge on any atom is 0.348 e. The van der Waals surface area contributed by atoms with Crippen LogP contribution in [0.25, 0.3) is 0 Å². The monoisotopic (exact) mass is 317 g/mol. The Labute approximate surface area is 134 Å². The van der Waals surface area contributed by atoms with E-state index < -0.39 is 0 Å². The van der Waals surface area contributed by atoms with E-state index in [0.29, 0.717) is 4.88 Å². The summed E-state index contributed by atoms with van der Waals surface area (Å²) in [6.07, 6.45) is 1.90. The quantitative estimate of drug-likeness (QED) is 0.815. The van der Waals surface area contributed by atoms with Gasteiger partial charge in [-0.1, -0.05) is 0 Å². The van der Waals surface area contributed by atoms with Gasteiger partial charge in [-0.15, -0.1) is 11.3 Å². The van der Waals surface area contributed by atoms with E-state index in [1.165, 1.54) is 18.4 Å². The van der Waals surface area contributed by atoms with Gasteiger partial charge in [0, 0.05) is 31.2 Å². The number of nitrogens with zero attached hydrogens (tertiary/aromatic N) is 3. The van der Waals surface area contributed by atoms with Crippen LogP contribution in [-0.4, -0.2) is 38.2 Å². The van der Waals surface area contributed by atoms with Gasteiger partial charge in [0.25, 0.3) is 0 Å². The van der Waals surface area contributed by atoms with Crippen molar-refractivity contribution in [2.75, 3.05) is 37.0 Å². The van der Waals surface area contributed by atoms with E-state index in [4.69, 9.17) is 4.74 Å². The molecule has 1 aliphatic rings. The van der Waals surface area contributed by atoms with Gasteiger partial charge in [-0.05, 0) is 30.7 Å². The van der Waals surface area contributed by atoms with Crippen molar-refractivity contribution in [3.63, 3.8) is 0 Å². The Morgan fingerprint density at radius 1 is 1.41 bits per heavy atom. The third-order valence-electron chi connectivity index (χ3n) is 3.79. The van der Waals surface area contributed by atoms with Crippen LogP contribution in [0.2, 0.25) is 0 Å². The molecule has 0 fully saturated rings. The SMILES string of the molecule is COC(=O)c1ccc(CN2CCN(C)c3ncc(C)cc32)s1. The molecule has 2 aromatic rings. The van der Waals surface area contributed by atoms with Gasteiger partial charge in [0.15, 0.2) is 5.82 Å². The van der Waals surface area contributed by atoms with Crippen molar-refractivity contribution in [1.29, 1.82) is 0 Å². The molecule has 0 aromatic carbocycles. The molecule has 2 aromatic heterocycles. The summed E-state index contributed by atoms with van der Waals surface area (Å²) >= 11 is 1.49. The fourth-order valence-electron chi connectivity index (χ4n) is 2.60. The molecule has 0 atom stereocenters. The molecule has 0 N–H and O–H groups in total. The highest BCUT2D eigenvalue weighted by Crippen LogP contribution is 2.32. The second-order valence-corrected chi connectivity index (χ2v) is 6.62. The summed E-state index contributed by atoms with van der Waals surface area (Å²) in [5.74, 6) is 0.745. The number of carbonyl (C=O) groups excluding carboxylic acids is 1. The summed E-state index contributed by atoms with van der Waals surface area (Å²) in [5, 5.41) is 0. The lowest BCUT2D eigenvalue weighted by atomic mass is 10.2. The zero-order chi connectivity index (χ0) is 15.7. The molecule has 5 nitrogen and oxygen atoms in total. The summed E-state index contributed by atoms with van der Waals surface area (Å²) in [6.45, 7) is 4.73. The first-order valence-electron chi connectivity index (χ1n) is 7.18. The summed E-state index contributed by atoms with van der Waals surface area (Å²) < 4.78 is 4.77. The van der Waals surface area contributed by atoms with Gasteiger partial charge in [-0.25, -0.2) is 9.78 Å². The predicted molar refractivity (Wildman–Crippen MR) is 89.0 cm³/mol. The molecule has 0 amide bonds. The van der Waals surface area contributed by atoms with Gasteiger partial charge in [-0.3, -0.25) is 0 Å². The van der Waals surface area contributed by atoms with Crippen LogP contribution >= 0.6 is 11.3 Å². The highest BCUT2D eigenvalue weighted by atomic mass is 32.1. The third-order valence-corrected chi connectivity index (χ3v) is 4.84. The number of aromatic nitrogens is 1. The third kappa shape index (κ3) is 2.78. The molecule has 6 heteroatoms. The summed E-state index contributed by atoms with van der Waals surface area (Å²) in [7, 11) is 3.48. The number of hydrogen-bond donors (Lipinski definition) is 0. The van der Waals surface area contributed by atoms with Crippen LogP contribution in [-0.2, 0) is 11.3 Å². The highest BCUT2D eigenvalue weighted by molar-refractivity contribution is 7.13. The van der Waals surface area contributed by atoms with Gasteiger partial charge < -0.3 is 14.5 Å². The van der Waals surface area contributed by atoms with E-state index in [1.54, 1.807) is 0 Å². The molecule has 116 valence electrons. The average Bonchev–Trinajstić information content (AvgIpc) is 2.98. The van der Waals surface area contributed by atoms with Crippen molar-refractivity contribution in [3.05, 3.63) is 39.7 Å². The summed E-state index contributed by atoms with van der Waals surface area (Å²) in [5.41, 5.74) is 2.31. The smallest absolute Gasteiger partial charge is 0.348 e. The summed E-state index contributed by atoms with van der Waals surface area (Å²) in [6, 6.07) is 6.00. The maximum atomic E-state index is 11.6. The first kappa shape index (κ1) is 14.8. The number of esters is 1. The van der Waals surface area contributed by atoms with E-state index in [9.17, 15) is 4.79 Å². The minimum Gasteiger partial charge on any atom is -0.465 e. The van der Waals surface area contributed by atoms with Gasteiger partial charge >= 0.3 is 5.97 Å². The summed E-state index contributed by atoms with van der Waals surface area (Å²) in [4.78, 5) is 22.4. The molecular formula is C16H19N3O2S. The molecule has 0 bridgehead atoms. The largest absolute Gasteiger partial charge is 0.465 e. The number of aryl methyl sites for hydroxylation is 1. The second kappa shape index (κ2) is 5.96. The first-order valence-corrected chi connectivity index (χ1v) is 8.00. The van der Waals surface area contributed by atoms with Crippen molar-refractivity contribution >= 4 is 28.8 Å². The molecular weight excluding hydrogens is 298 g/mol. The number of rotatable bonds is 3. The fourth-order valence-corrected chi connectivity index (χ4v) is 3.54. The number of hydrogen-bond acceptors (Lipinski definition) is 6. The number of fused-ring (bicyclic) bond motifs is 1. The number of anilines is 2. The molecule has 0 unspecified atom stereocenters. The predicted octanol–water partition coefficient (Wildman–Crippen LogP) is 2.69. The number of thiophene rings is 1. The van der Waals surface area contributed by atoms with Crippen LogP contribution in [0.4, 0.5) is 11.5 Å². The topological polar surface area (TPSA) is 45.7 Å². The Hall–Kier alpha value is -2.08. The molecule has 1 aliphatic heterocycles. The van der Waals surface area contributed by atoms with Gasteiger partial charge in [-0.2, -0.15) is 0 Å². The molecule has 22 heavy (non-hydrogen) atoms. The number of methoxy groups -OCH3 is 1. The zero-order valence-electron chi connectivity index (χ0n) is 13.0. The highest BCUT2D eigenvalue weighted by Gasteiger charge is 2.22. The number of carbonyl (C=O) groups is 1. The molecule has 3 rings (SSSR count). The van der Waals surface area contributed by atoms with Gasteiger partial charge in [0.05, 0.1) is 19.3 Å². The molecule has 0 radical (unpaired) electrons. The van der Waals surface area contributed by atoms with E-state index in [-0.39, 0.29) is 5.97 Å². The van der Waals surface area contributed by atoms with E-state index >= 15 is 0 Å². The Morgan fingerprint density at radius 3 is 3.00 bits per heavy atom. The van der Waals surface area contributed by atoms with Crippen molar-refractivity contribution in [1.82, 2.24) is 4.98 Å². The number of pyridine rings is 1. The Morgan fingerprint density at radius 2 is 2.23 bits per heavy atom. The fraction of sp³-hybridized carbons (Fsp3) is 0.375.